The SMILES string of the molecule is c1ccc(-c2ccc(-c3ccc(N(c4ccc(-c5ccc(-c6ccccc6)cc5)cc4)c4ccccc4-c4cc5ccccc5o4)cc3)cc2)cc1. The molecular weight excluding hydrogens is 631 g/mol. The molecule has 0 unspecified atom stereocenters. The van der Waals surface area contributed by atoms with Gasteiger partial charge in [-0.1, -0.05) is 164 Å². The first-order chi connectivity index (χ1) is 25.8. The van der Waals surface area contributed by atoms with Gasteiger partial charge in [-0.3, -0.25) is 0 Å². The summed E-state index contributed by atoms with van der Waals surface area (Å²) in [5.74, 6) is 0.840. The van der Waals surface area contributed by atoms with Gasteiger partial charge < -0.3 is 9.32 Å². The number of benzene rings is 8. The molecule has 0 N–H and O–H groups in total. The Kier molecular flexibility index (Phi) is 8.24. The molecule has 0 aliphatic rings. The summed E-state index contributed by atoms with van der Waals surface area (Å²) in [6.07, 6.45) is 0. The Balaban J connectivity index is 1.08. The summed E-state index contributed by atoms with van der Waals surface area (Å²) >= 11 is 0. The van der Waals surface area contributed by atoms with E-state index in [2.05, 4.69) is 199 Å². The summed E-state index contributed by atoms with van der Waals surface area (Å²) in [5, 5.41) is 1.09. The fourth-order valence-corrected chi connectivity index (χ4v) is 7.00. The van der Waals surface area contributed by atoms with E-state index in [1.807, 2.05) is 18.2 Å². The lowest BCUT2D eigenvalue weighted by molar-refractivity contribution is 0.631. The van der Waals surface area contributed by atoms with Crippen LogP contribution in [-0.2, 0) is 0 Å². The van der Waals surface area contributed by atoms with Crippen LogP contribution < -0.4 is 4.90 Å². The molecular formula is C50H35NO. The van der Waals surface area contributed by atoms with Crippen molar-refractivity contribution in [2.45, 2.75) is 0 Å². The van der Waals surface area contributed by atoms with Gasteiger partial charge in [0.2, 0.25) is 0 Å². The molecule has 0 atom stereocenters. The molecule has 0 bridgehead atoms. The average Bonchev–Trinajstić information content (AvgIpc) is 3.67. The van der Waals surface area contributed by atoms with Crippen LogP contribution in [0.25, 0.3) is 66.8 Å². The molecule has 246 valence electrons. The van der Waals surface area contributed by atoms with E-state index in [-0.39, 0.29) is 0 Å². The number of nitrogens with zero attached hydrogens (tertiary/aromatic N) is 1. The zero-order valence-corrected chi connectivity index (χ0v) is 28.6. The van der Waals surface area contributed by atoms with E-state index in [1.165, 1.54) is 44.5 Å². The second-order valence-corrected chi connectivity index (χ2v) is 13.0. The number of anilines is 3. The molecule has 1 heterocycles. The third-order valence-corrected chi connectivity index (χ3v) is 9.74. The van der Waals surface area contributed by atoms with Crippen LogP contribution in [-0.4, -0.2) is 0 Å². The predicted octanol–water partition coefficient (Wildman–Crippen LogP) is 14.2. The van der Waals surface area contributed by atoms with E-state index in [0.717, 1.165) is 39.4 Å². The van der Waals surface area contributed by atoms with Crippen LogP contribution in [0.2, 0.25) is 0 Å². The van der Waals surface area contributed by atoms with Crippen LogP contribution in [0.3, 0.4) is 0 Å². The molecule has 0 aliphatic carbocycles. The minimum atomic E-state index is 0.840. The van der Waals surface area contributed by atoms with Crippen molar-refractivity contribution < 1.29 is 4.42 Å². The van der Waals surface area contributed by atoms with E-state index in [9.17, 15) is 0 Å². The van der Waals surface area contributed by atoms with Crippen LogP contribution in [0, 0.1) is 0 Å². The van der Waals surface area contributed by atoms with Gasteiger partial charge in [0.05, 0.1) is 5.69 Å². The molecule has 0 amide bonds. The van der Waals surface area contributed by atoms with Gasteiger partial charge in [-0.15, -0.1) is 0 Å². The molecule has 0 aliphatic heterocycles. The number of hydrogen-bond donors (Lipinski definition) is 0. The molecule has 2 heteroatoms. The Morgan fingerprint density at radius 3 is 1.13 bits per heavy atom. The van der Waals surface area contributed by atoms with Gasteiger partial charge in [0.25, 0.3) is 0 Å². The highest BCUT2D eigenvalue weighted by molar-refractivity contribution is 5.91. The topological polar surface area (TPSA) is 16.4 Å². The quantitative estimate of drug-likeness (QED) is 0.161. The Morgan fingerprint density at radius 2 is 0.673 bits per heavy atom. The van der Waals surface area contributed by atoms with Crippen LogP contribution >= 0.6 is 0 Å². The molecule has 2 nitrogen and oxygen atoms in total. The van der Waals surface area contributed by atoms with Gasteiger partial charge in [-0.25, -0.2) is 0 Å². The van der Waals surface area contributed by atoms with Gasteiger partial charge in [-0.2, -0.15) is 0 Å². The van der Waals surface area contributed by atoms with Crippen molar-refractivity contribution in [1.29, 1.82) is 0 Å². The molecule has 9 aromatic rings. The van der Waals surface area contributed by atoms with Crippen LogP contribution in [0.4, 0.5) is 17.1 Å². The third kappa shape index (κ3) is 6.19. The maximum atomic E-state index is 6.43. The van der Waals surface area contributed by atoms with Gasteiger partial charge in [0, 0.05) is 22.3 Å². The summed E-state index contributed by atoms with van der Waals surface area (Å²) in [4.78, 5) is 2.33. The Bertz CT molecular complexity index is 2410. The van der Waals surface area contributed by atoms with Crippen LogP contribution in [0.15, 0.2) is 217 Å². The molecule has 0 saturated heterocycles. The third-order valence-electron chi connectivity index (χ3n) is 9.74. The first-order valence-electron chi connectivity index (χ1n) is 17.7. The standard InChI is InChI=1S/C50H35NO/c1-3-11-36(12-4-1)38-19-23-40(24-20-38)42-27-31-45(32-28-42)51(48-17-9-8-16-47(48)50-35-44-15-7-10-18-49(44)52-50)46-33-29-43(30-34-46)41-25-21-39(22-26-41)37-13-5-2-6-14-37/h1-35H. The Labute approximate surface area is 304 Å². The molecule has 0 spiro atoms. The van der Waals surface area contributed by atoms with Gasteiger partial charge >= 0.3 is 0 Å². The first kappa shape index (κ1) is 31.1. The fraction of sp³-hybridized carbons (Fsp3) is 0. The van der Waals surface area contributed by atoms with Gasteiger partial charge in [0.15, 0.2) is 0 Å². The molecule has 9 rings (SSSR count). The van der Waals surface area contributed by atoms with E-state index in [1.54, 1.807) is 0 Å². The number of furan rings is 1. The van der Waals surface area contributed by atoms with E-state index >= 15 is 0 Å². The smallest absolute Gasteiger partial charge is 0.137 e. The normalized spacial score (nSPS) is 11.1. The maximum Gasteiger partial charge on any atom is 0.137 e. The molecule has 1 aromatic heterocycles. The predicted molar refractivity (Wildman–Crippen MR) is 218 cm³/mol. The lowest BCUT2D eigenvalue weighted by Gasteiger charge is -2.27. The number of fused-ring (bicyclic) bond motifs is 1. The molecule has 8 aromatic carbocycles. The molecule has 0 fully saturated rings. The Hall–Kier alpha value is -6.90. The molecule has 0 saturated carbocycles. The van der Waals surface area contributed by atoms with E-state index in [0.29, 0.717) is 0 Å². The summed E-state index contributed by atoms with van der Waals surface area (Å²) in [6, 6.07) is 75.2. The van der Waals surface area contributed by atoms with Crippen molar-refractivity contribution in [1.82, 2.24) is 0 Å². The summed E-state index contributed by atoms with van der Waals surface area (Å²) in [7, 11) is 0. The van der Waals surface area contributed by atoms with E-state index in [4.69, 9.17) is 4.42 Å². The average molecular weight is 666 g/mol. The van der Waals surface area contributed by atoms with Gasteiger partial charge in [-0.05, 0) is 93.0 Å². The van der Waals surface area contributed by atoms with Crippen molar-refractivity contribution in [3.63, 3.8) is 0 Å². The van der Waals surface area contributed by atoms with Crippen LogP contribution in [0.1, 0.15) is 0 Å². The highest BCUT2D eigenvalue weighted by Crippen LogP contribution is 2.43. The van der Waals surface area contributed by atoms with Gasteiger partial charge in [0.1, 0.15) is 11.3 Å². The zero-order valence-electron chi connectivity index (χ0n) is 28.6. The van der Waals surface area contributed by atoms with Crippen molar-refractivity contribution in [2.75, 3.05) is 4.90 Å². The summed E-state index contributed by atoms with van der Waals surface area (Å²) in [6.45, 7) is 0. The molecule has 52 heavy (non-hydrogen) atoms. The van der Waals surface area contributed by atoms with Crippen molar-refractivity contribution in [3.8, 4) is 55.8 Å². The fourth-order valence-electron chi connectivity index (χ4n) is 7.00. The number of hydrogen-bond acceptors (Lipinski definition) is 2. The minimum absolute atomic E-state index is 0.840. The lowest BCUT2D eigenvalue weighted by Crippen LogP contribution is -2.11. The lowest BCUT2D eigenvalue weighted by atomic mass is 9.99. The van der Waals surface area contributed by atoms with Crippen LogP contribution in [0.5, 0.6) is 0 Å². The first-order valence-corrected chi connectivity index (χ1v) is 17.7. The van der Waals surface area contributed by atoms with Crippen molar-refractivity contribution >= 4 is 28.0 Å². The highest BCUT2D eigenvalue weighted by Gasteiger charge is 2.19. The summed E-state index contributed by atoms with van der Waals surface area (Å²) in [5.41, 5.74) is 14.6. The number of para-hydroxylation sites is 2. The van der Waals surface area contributed by atoms with Crippen molar-refractivity contribution in [2.24, 2.45) is 0 Å². The molecule has 0 radical (unpaired) electrons. The largest absolute Gasteiger partial charge is 0.456 e. The zero-order chi connectivity index (χ0) is 34.7. The van der Waals surface area contributed by atoms with E-state index < -0.39 is 0 Å². The monoisotopic (exact) mass is 665 g/mol. The van der Waals surface area contributed by atoms with Crippen molar-refractivity contribution in [3.05, 3.63) is 212 Å². The highest BCUT2D eigenvalue weighted by atomic mass is 16.3. The second-order valence-electron chi connectivity index (χ2n) is 13.0. The summed E-state index contributed by atoms with van der Waals surface area (Å²) < 4.78 is 6.43. The minimum Gasteiger partial charge on any atom is -0.456 e. The maximum absolute atomic E-state index is 6.43. The Morgan fingerprint density at radius 1 is 0.308 bits per heavy atom. The second kappa shape index (κ2) is 13.8. The number of rotatable bonds is 8.